The molecule has 0 bridgehead atoms. The highest BCUT2D eigenvalue weighted by Crippen LogP contribution is 1.93. The van der Waals surface area contributed by atoms with E-state index in [1.807, 2.05) is 0 Å². The van der Waals surface area contributed by atoms with Crippen molar-refractivity contribution in [2.24, 2.45) is 11.5 Å². The molecule has 0 aliphatic rings. The van der Waals surface area contributed by atoms with Crippen LogP contribution >= 0.6 is 24.8 Å². The van der Waals surface area contributed by atoms with Gasteiger partial charge in [-0.3, -0.25) is 0 Å². The lowest BCUT2D eigenvalue weighted by atomic mass is 10.3. The summed E-state index contributed by atoms with van der Waals surface area (Å²) in [5.41, 5.74) is 10.6. The Bertz CT molecular complexity index is 126. The number of carboxylic acid groups (broad SMARTS) is 1. The molecule has 0 fully saturated rings. The maximum absolute atomic E-state index is 9.97. The summed E-state index contributed by atoms with van der Waals surface area (Å²) in [6, 6.07) is 0. The summed E-state index contributed by atoms with van der Waals surface area (Å²) >= 11 is 0. The van der Waals surface area contributed by atoms with Gasteiger partial charge in [-0.2, -0.15) is 0 Å². The Balaban J connectivity index is -0.000000500. The third kappa shape index (κ3) is 14.8. The molecule has 13 heavy (non-hydrogen) atoms. The highest BCUT2D eigenvalue weighted by Gasteiger charge is 2.03. The third-order valence-electron chi connectivity index (χ3n) is 1.11. The molecule has 82 valence electrons. The number of aliphatic carboxylic acids is 1. The molecule has 0 spiro atoms. The van der Waals surface area contributed by atoms with Crippen LogP contribution in [0.3, 0.4) is 0 Å². The van der Waals surface area contributed by atoms with E-state index in [0.717, 1.165) is 6.42 Å². The van der Waals surface area contributed by atoms with E-state index >= 15 is 0 Å². The van der Waals surface area contributed by atoms with Gasteiger partial charge in [-0.15, -0.1) is 24.8 Å². The van der Waals surface area contributed by atoms with Crippen molar-refractivity contribution >= 4 is 30.8 Å². The Hall–Kier alpha value is -0.0700. The van der Waals surface area contributed by atoms with Crippen molar-refractivity contribution in [2.75, 3.05) is 13.2 Å². The van der Waals surface area contributed by atoms with E-state index in [9.17, 15) is 4.79 Å². The van der Waals surface area contributed by atoms with Gasteiger partial charge in [0.15, 0.2) is 0 Å². The zero-order valence-electron chi connectivity index (χ0n) is 7.14. The van der Waals surface area contributed by atoms with E-state index in [2.05, 4.69) is 0 Å². The maximum Gasteiger partial charge on any atom is 0.329 e. The summed E-state index contributed by atoms with van der Waals surface area (Å²) in [5.74, 6) is -1.01. The topological polar surface area (TPSA) is 98.6 Å². The summed E-state index contributed by atoms with van der Waals surface area (Å²) in [5, 5.41) is 8.18. The van der Waals surface area contributed by atoms with E-state index in [4.69, 9.17) is 21.3 Å². The van der Waals surface area contributed by atoms with Crippen molar-refractivity contribution in [1.29, 1.82) is 0 Å². The molecule has 0 rings (SSSR count). The summed E-state index contributed by atoms with van der Waals surface area (Å²) in [6.45, 7) is 0.204. The Morgan fingerprint density at radius 3 is 2.38 bits per heavy atom. The van der Waals surface area contributed by atoms with Crippen molar-refractivity contribution in [2.45, 2.75) is 19.1 Å². The van der Waals surface area contributed by atoms with Crippen LogP contribution in [0.5, 0.6) is 0 Å². The summed E-state index contributed by atoms with van der Waals surface area (Å²) < 4.78 is 4.73. The fourth-order valence-electron chi connectivity index (χ4n) is 0.581. The molecule has 1 atom stereocenters. The van der Waals surface area contributed by atoms with Gasteiger partial charge in [0.2, 0.25) is 0 Å². The molecule has 0 aromatic rings. The van der Waals surface area contributed by atoms with Crippen LogP contribution in [0, 0.1) is 0 Å². The standard InChI is InChI=1S/C6H14N2O3.2ClH/c7-3-1-2-5(8)11-4-6(9)10;;/h5H,1-4,7-8H2,(H,9,10);2*1H. The van der Waals surface area contributed by atoms with Crippen LogP contribution in [0.2, 0.25) is 0 Å². The van der Waals surface area contributed by atoms with Gasteiger partial charge >= 0.3 is 5.97 Å². The first-order valence-corrected chi connectivity index (χ1v) is 3.46. The fourth-order valence-corrected chi connectivity index (χ4v) is 0.581. The maximum atomic E-state index is 9.97. The zero-order chi connectivity index (χ0) is 8.69. The van der Waals surface area contributed by atoms with Gasteiger partial charge in [0.1, 0.15) is 12.8 Å². The Kier molecular flexibility index (Phi) is 17.1. The largest absolute Gasteiger partial charge is 0.480 e. The van der Waals surface area contributed by atoms with Crippen LogP contribution in [0.25, 0.3) is 0 Å². The first-order valence-electron chi connectivity index (χ1n) is 3.46. The molecule has 5 nitrogen and oxygen atoms in total. The van der Waals surface area contributed by atoms with Gasteiger partial charge in [0.05, 0.1) is 0 Å². The minimum Gasteiger partial charge on any atom is -0.480 e. The molecule has 0 aromatic heterocycles. The van der Waals surface area contributed by atoms with Gasteiger partial charge in [0, 0.05) is 0 Å². The molecule has 0 aliphatic heterocycles. The highest BCUT2D eigenvalue weighted by atomic mass is 35.5. The van der Waals surface area contributed by atoms with Crippen LogP contribution in [-0.4, -0.2) is 30.5 Å². The molecular weight excluding hydrogens is 219 g/mol. The van der Waals surface area contributed by atoms with E-state index in [0.29, 0.717) is 13.0 Å². The first-order chi connectivity index (χ1) is 5.16. The number of carbonyl (C=O) groups is 1. The SMILES string of the molecule is Cl.Cl.NCCCC(N)OCC(=O)O. The lowest BCUT2D eigenvalue weighted by Gasteiger charge is -2.09. The van der Waals surface area contributed by atoms with Crippen molar-refractivity contribution in [1.82, 2.24) is 0 Å². The predicted octanol–water partition coefficient (Wildman–Crippen LogP) is -0.0451. The Morgan fingerprint density at radius 2 is 2.00 bits per heavy atom. The second-order valence-electron chi connectivity index (χ2n) is 2.17. The lowest BCUT2D eigenvalue weighted by molar-refractivity contribution is -0.144. The number of ether oxygens (including phenoxy) is 1. The van der Waals surface area contributed by atoms with Gasteiger partial charge in [-0.05, 0) is 19.4 Å². The number of nitrogens with two attached hydrogens (primary N) is 2. The monoisotopic (exact) mass is 234 g/mol. The number of halogens is 2. The second kappa shape index (κ2) is 11.9. The van der Waals surface area contributed by atoms with Gasteiger partial charge < -0.3 is 21.3 Å². The molecule has 0 aliphatic carbocycles. The number of hydrogen-bond donors (Lipinski definition) is 3. The van der Waals surface area contributed by atoms with Crippen molar-refractivity contribution < 1.29 is 14.6 Å². The van der Waals surface area contributed by atoms with Crippen LogP contribution in [0.4, 0.5) is 0 Å². The smallest absolute Gasteiger partial charge is 0.329 e. The summed E-state index contributed by atoms with van der Waals surface area (Å²) in [7, 11) is 0. The average molecular weight is 235 g/mol. The number of rotatable bonds is 6. The second-order valence-corrected chi connectivity index (χ2v) is 2.17. The predicted molar refractivity (Wildman–Crippen MR) is 54.3 cm³/mol. The minimum absolute atomic E-state index is 0. The van der Waals surface area contributed by atoms with Crippen molar-refractivity contribution in [3.63, 3.8) is 0 Å². The molecule has 0 aromatic carbocycles. The first kappa shape index (κ1) is 18.7. The van der Waals surface area contributed by atoms with Crippen LogP contribution in [-0.2, 0) is 9.53 Å². The fraction of sp³-hybridized carbons (Fsp3) is 0.833. The highest BCUT2D eigenvalue weighted by molar-refractivity contribution is 5.85. The lowest BCUT2D eigenvalue weighted by Crippen LogP contribution is -2.27. The molecule has 5 N–H and O–H groups in total. The quantitative estimate of drug-likeness (QED) is 0.561. The van der Waals surface area contributed by atoms with E-state index in [-0.39, 0.29) is 31.4 Å². The molecule has 0 saturated heterocycles. The Morgan fingerprint density at radius 1 is 1.46 bits per heavy atom. The minimum atomic E-state index is -1.01. The summed E-state index contributed by atoms with van der Waals surface area (Å²) in [4.78, 5) is 9.97. The summed E-state index contributed by atoms with van der Waals surface area (Å²) in [6.07, 6.45) is 0.847. The molecule has 0 heterocycles. The zero-order valence-corrected chi connectivity index (χ0v) is 8.77. The Labute approximate surface area is 89.6 Å². The van der Waals surface area contributed by atoms with Gasteiger partial charge in [0.25, 0.3) is 0 Å². The normalized spacial score (nSPS) is 10.9. The van der Waals surface area contributed by atoms with Crippen LogP contribution in [0.1, 0.15) is 12.8 Å². The molecule has 0 radical (unpaired) electrons. The third-order valence-corrected chi connectivity index (χ3v) is 1.11. The molecule has 0 saturated carbocycles. The van der Waals surface area contributed by atoms with Gasteiger partial charge in [-0.25, -0.2) is 4.79 Å². The molecule has 0 amide bonds. The molecular formula is C6H16Cl2N2O3. The van der Waals surface area contributed by atoms with E-state index < -0.39 is 12.2 Å². The molecule has 7 heteroatoms. The van der Waals surface area contributed by atoms with E-state index in [1.165, 1.54) is 0 Å². The molecule has 1 unspecified atom stereocenters. The van der Waals surface area contributed by atoms with E-state index in [1.54, 1.807) is 0 Å². The van der Waals surface area contributed by atoms with Gasteiger partial charge in [-0.1, -0.05) is 0 Å². The van der Waals surface area contributed by atoms with Crippen molar-refractivity contribution in [3.05, 3.63) is 0 Å². The van der Waals surface area contributed by atoms with Crippen LogP contribution in [0.15, 0.2) is 0 Å². The van der Waals surface area contributed by atoms with Crippen molar-refractivity contribution in [3.8, 4) is 0 Å². The number of hydrogen-bond acceptors (Lipinski definition) is 4. The average Bonchev–Trinajstić information content (AvgIpc) is 1.97. The van der Waals surface area contributed by atoms with Crippen LogP contribution < -0.4 is 11.5 Å². The number of carboxylic acids is 1.